The fourth-order valence-corrected chi connectivity index (χ4v) is 2.22. The third kappa shape index (κ3) is 3.19. The molecule has 1 aliphatic rings. The van der Waals surface area contributed by atoms with Gasteiger partial charge in [-0.3, -0.25) is 9.69 Å². The molecule has 0 amide bonds. The average molecular weight is 258 g/mol. The lowest BCUT2D eigenvalue weighted by Crippen LogP contribution is -2.49. The van der Waals surface area contributed by atoms with E-state index in [1.165, 1.54) is 0 Å². The van der Waals surface area contributed by atoms with Crippen molar-refractivity contribution in [3.63, 3.8) is 0 Å². The van der Waals surface area contributed by atoms with Crippen LogP contribution in [0.25, 0.3) is 0 Å². The first-order valence-electron chi connectivity index (χ1n) is 6.48. The Balaban J connectivity index is 2.06. The number of morpholine rings is 1. The van der Waals surface area contributed by atoms with Crippen LogP contribution in [0.4, 0.5) is 0 Å². The number of rotatable bonds is 3. The molecule has 0 radical (unpaired) electrons. The maximum absolute atomic E-state index is 12.4. The predicted octanol–water partition coefficient (Wildman–Crippen LogP) is 1.79. The van der Waals surface area contributed by atoms with Gasteiger partial charge in [-0.1, -0.05) is 29.8 Å². The third-order valence-electron chi connectivity index (χ3n) is 3.51. The van der Waals surface area contributed by atoms with Crippen molar-refractivity contribution in [2.75, 3.05) is 19.7 Å². The molecule has 1 aromatic carbocycles. The van der Waals surface area contributed by atoms with Gasteiger partial charge in [0.25, 0.3) is 0 Å². The Morgan fingerprint density at radius 3 is 2.79 bits per heavy atom. The van der Waals surface area contributed by atoms with Gasteiger partial charge in [-0.15, -0.1) is 0 Å². The molecule has 0 aliphatic carbocycles. The molecule has 0 saturated carbocycles. The topological polar surface area (TPSA) is 53.3 Å². The van der Waals surface area contributed by atoms with Crippen molar-refractivity contribution in [1.82, 2.24) is 4.90 Å². The highest BCUT2D eigenvalue weighted by atomic mass is 16.5. The van der Waals surface area contributed by atoms with Gasteiger partial charge in [0.1, 0.15) is 0 Å². The second kappa shape index (κ2) is 5.96. The van der Waals surface area contributed by atoms with E-state index in [1.54, 1.807) is 0 Å². The minimum Gasteiger partial charge on any atom is -0.361 e. The van der Waals surface area contributed by atoms with Crippen LogP contribution in [0.15, 0.2) is 24.3 Å². The molecule has 1 fully saturated rings. The molecule has 0 N–H and O–H groups in total. The largest absolute Gasteiger partial charge is 0.361 e. The predicted molar refractivity (Wildman–Crippen MR) is 71.9 cm³/mol. The molecule has 0 spiro atoms. The Bertz CT molecular complexity index is 490. The fraction of sp³-hybridized carbons (Fsp3) is 0.467. The van der Waals surface area contributed by atoms with E-state index in [0.29, 0.717) is 19.7 Å². The molecule has 4 heteroatoms. The van der Waals surface area contributed by atoms with Crippen LogP contribution in [0.2, 0.25) is 0 Å². The summed E-state index contributed by atoms with van der Waals surface area (Å²) in [6.07, 6.45) is -0.429. The molecule has 2 rings (SSSR count). The molecule has 100 valence electrons. The zero-order valence-electron chi connectivity index (χ0n) is 11.3. The Labute approximate surface area is 113 Å². The molecule has 1 aliphatic heterocycles. The molecular weight excluding hydrogens is 240 g/mol. The van der Waals surface area contributed by atoms with Gasteiger partial charge in [0.15, 0.2) is 11.9 Å². The van der Waals surface area contributed by atoms with E-state index >= 15 is 0 Å². The summed E-state index contributed by atoms with van der Waals surface area (Å²) >= 11 is 0. The van der Waals surface area contributed by atoms with Gasteiger partial charge in [0.05, 0.1) is 18.7 Å². The number of nitriles is 1. The number of ether oxygens (including phenoxy) is 1. The standard InChI is InChI=1S/C15H18N2O2/c1-11-3-5-13(6-4-11)15(18)12(2)17-7-8-19-14(9-16)10-17/h3-6,12,14H,7-8,10H2,1-2H3. The van der Waals surface area contributed by atoms with Crippen LogP contribution in [-0.2, 0) is 4.74 Å². The highest BCUT2D eigenvalue weighted by molar-refractivity contribution is 5.99. The van der Waals surface area contributed by atoms with Gasteiger partial charge in [-0.05, 0) is 13.8 Å². The van der Waals surface area contributed by atoms with Gasteiger partial charge in [0.2, 0.25) is 0 Å². The molecule has 1 saturated heterocycles. The van der Waals surface area contributed by atoms with Crippen molar-refractivity contribution in [3.8, 4) is 6.07 Å². The molecule has 4 nitrogen and oxygen atoms in total. The monoisotopic (exact) mass is 258 g/mol. The molecule has 1 heterocycles. The summed E-state index contributed by atoms with van der Waals surface area (Å²) in [5.41, 5.74) is 1.86. The third-order valence-corrected chi connectivity index (χ3v) is 3.51. The molecule has 19 heavy (non-hydrogen) atoms. The van der Waals surface area contributed by atoms with Crippen LogP contribution < -0.4 is 0 Å². The van der Waals surface area contributed by atoms with Crippen molar-refractivity contribution in [2.24, 2.45) is 0 Å². The van der Waals surface area contributed by atoms with Crippen LogP contribution in [0.1, 0.15) is 22.8 Å². The Hall–Kier alpha value is -1.70. The molecule has 0 aromatic heterocycles. The number of aryl methyl sites for hydroxylation is 1. The summed E-state index contributed by atoms with van der Waals surface area (Å²) in [5, 5.41) is 8.89. The molecule has 2 unspecified atom stereocenters. The number of hydrogen-bond acceptors (Lipinski definition) is 4. The lowest BCUT2D eigenvalue weighted by Gasteiger charge is -2.33. The molecule has 1 aromatic rings. The van der Waals surface area contributed by atoms with Crippen molar-refractivity contribution in [2.45, 2.75) is 26.0 Å². The summed E-state index contributed by atoms with van der Waals surface area (Å²) in [4.78, 5) is 14.4. The lowest BCUT2D eigenvalue weighted by atomic mass is 10.0. The minimum atomic E-state index is -0.429. The van der Waals surface area contributed by atoms with E-state index in [-0.39, 0.29) is 11.8 Å². The zero-order chi connectivity index (χ0) is 13.8. The zero-order valence-corrected chi connectivity index (χ0v) is 11.3. The second-order valence-electron chi connectivity index (χ2n) is 4.89. The summed E-state index contributed by atoms with van der Waals surface area (Å²) < 4.78 is 5.29. The van der Waals surface area contributed by atoms with Crippen molar-refractivity contribution in [1.29, 1.82) is 5.26 Å². The van der Waals surface area contributed by atoms with E-state index in [1.807, 2.05) is 43.0 Å². The lowest BCUT2D eigenvalue weighted by molar-refractivity contribution is -0.0109. The van der Waals surface area contributed by atoms with Crippen molar-refractivity contribution in [3.05, 3.63) is 35.4 Å². The average Bonchev–Trinajstić information content (AvgIpc) is 2.46. The van der Waals surface area contributed by atoms with E-state index < -0.39 is 6.10 Å². The minimum absolute atomic E-state index is 0.0959. The number of nitrogens with zero attached hydrogens (tertiary/aromatic N) is 2. The molecular formula is C15H18N2O2. The van der Waals surface area contributed by atoms with E-state index in [2.05, 4.69) is 6.07 Å². The first-order chi connectivity index (χ1) is 9.11. The van der Waals surface area contributed by atoms with Crippen LogP contribution in [0.5, 0.6) is 0 Å². The fourth-order valence-electron chi connectivity index (χ4n) is 2.22. The smallest absolute Gasteiger partial charge is 0.179 e. The quantitative estimate of drug-likeness (QED) is 0.776. The Morgan fingerprint density at radius 1 is 1.47 bits per heavy atom. The van der Waals surface area contributed by atoms with Crippen LogP contribution in [-0.4, -0.2) is 42.5 Å². The number of benzene rings is 1. The van der Waals surface area contributed by atoms with E-state index in [0.717, 1.165) is 11.1 Å². The van der Waals surface area contributed by atoms with Gasteiger partial charge in [-0.2, -0.15) is 5.26 Å². The summed E-state index contributed by atoms with van der Waals surface area (Å²) in [5.74, 6) is 0.0959. The first-order valence-corrected chi connectivity index (χ1v) is 6.48. The van der Waals surface area contributed by atoms with Gasteiger partial charge < -0.3 is 4.74 Å². The number of Topliss-reactive ketones (excluding diaryl/α,β-unsaturated/α-hetero) is 1. The van der Waals surface area contributed by atoms with Crippen molar-refractivity contribution >= 4 is 5.78 Å². The van der Waals surface area contributed by atoms with Crippen LogP contribution in [0.3, 0.4) is 0 Å². The normalized spacial score (nSPS) is 21.6. The maximum atomic E-state index is 12.4. The maximum Gasteiger partial charge on any atom is 0.179 e. The number of carbonyl (C=O) groups excluding carboxylic acids is 1. The van der Waals surface area contributed by atoms with Crippen LogP contribution >= 0.6 is 0 Å². The number of carbonyl (C=O) groups is 1. The van der Waals surface area contributed by atoms with Crippen LogP contribution in [0, 0.1) is 18.3 Å². The second-order valence-corrected chi connectivity index (χ2v) is 4.89. The number of hydrogen-bond donors (Lipinski definition) is 0. The number of ketones is 1. The SMILES string of the molecule is Cc1ccc(C(=O)C(C)N2CCOC(C#N)C2)cc1. The summed E-state index contributed by atoms with van der Waals surface area (Å²) in [7, 11) is 0. The van der Waals surface area contributed by atoms with Crippen molar-refractivity contribution < 1.29 is 9.53 Å². The van der Waals surface area contributed by atoms with Gasteiger partial charge >= 0.3 is 0 Å². The molecule has 0 bridgehead atoms. The van der Waals surface area contributed by atoms with Gasteiger partial charge in [0, 0.05) is 18.7 Å². The highest BCUT2D eigenvalue weighted by Crippen LogP contribution is 2.14. The highest BCUT2D eigenvalue weighted by Gasteiger charge is 2.28. The van der Waals surface area contributed by atoms with E-state index in [9.17, 15) is 4.79 Å². The Kier molecular flexibility index (Phi) is 4.31. The summed E-state index contributed by atoms with van der Waals surface area (Å²) in [6, 6.07) is 9.48. The summed E-state index contributed by atoms with van der Waals surface area (Å²) in [6.45, 7) is 5.58. The van der Waals surface area contributed by atoms with E-state index in [4.69, 9.17) is 10.00 Å². The Morgan fingerprint density at radius 2 is 2.16 bits per heavy atom. The first kappa shape index (κ1) is 13.7. The molecule has 2 atom stereocenters. The van der Waals surface area contributed by atoms with Gasteiger partial charge in [-0.25, -0.2) is 0 Å².